The first-order valence-corrected chi connectivity index (χ1v) is 3.70. The molecular formula is C8H15O. The van der Waals surface area contributed by atoms with Crippen LogP contribution >= 0.6 is 0 Å². The van der Waals surface area contributed by atoms with Gasteiger partial charge in [-0.1, -0.05) is 13.8 Å². The zero-order valence-electron chi connectivity index (χ0n) is 6.48. The van der Waals surface area contributed by atoms with Crippen LogP contribution in [-0.4, -0.2) is 6.10 Å². The van der Waals surface area contributed by atoms with Gasteiger partial charge in [-0.15, -0.1) is 0 Å². The molecule has 1 fully saturated rings. The van der Waals surface area contributed by atoms with E-state index in [1.165, 1.54) is 18.9 Å². The van der Waals surface area contributed by atoms with E-state index >= 15 is 0 Å². The average Bonchev–Trinajstić information content (AvgIpc) is 2.42. The van der Waals surface area contributed by atoms with Crippen LogP contribution in [0.3, 0.4) is 0 Å². The molecule has 0 amide bonds. The minimum absolute atomic E-state index is 0.521. The standard InChI is InChI=1S/C8H15O/c1-6(2)4-5-8-7(3)9-8/h6,8H,4-5H2,1-3H3. The van der Waals surface area contributed by atoms with Gasteiger partial charge in [0.2, 0.25) is 0 Å². The van der Waals surface area contributed by atoms with Crippen molar-refractivity contribution in [2.45, 2.75) is 39.7 Å². The number of ether oxygens (including phenoxy) is 1. The summed E-state index contributed by atoms with van der Waals surface area (Å²) in [5, 5.41) is 0. The fourth-order valence-electron chi connectivity index (χ4n) is 0.937. The van der Waals surface area contributed by atoms with Crippen LogP contribution in [0.4, 0.5) is 0 Å². The van der Waals surface area contributed by atoms with E-state index in [9.17, 15) is 0 Å². The molecule has 1 atom stereocenters. The molecular weight excluding hydrogens is 112 g/mol. The summed E-state index contributed by atoms with van der Waals surface area (Å²) in [5.41, 5.74) is 0. The van der Waals surface area contributed by atoms with Crippen LogP contribution in [0.2, 0.25) is 0 Å². The van der Waals surface area contributed by atoms with Crippen LogP contribution in [0.15, 0.2) is 0 Å². The Morgan fingerprint density at radius 2 is 2.11 bits per heavy atom. The Morgan fingerprint density at radius 1 is 1.56 bits per heavy atom. The van der Waals surface area contributed by atoms with E-state index in [0.29, 0.717) is 6.10 Å². The number of hydrogen-bond donors (Lipinski definition) is 0. The molecule has 53 valence electrons. The third-order valence-electron chi connectivity index (χ3n) is 1.73. The Balaban J connectivity index is 1.94. The summed E-state index contributed by atoms with van der Waals surface area (Å²) < 4.78 is 5.18. The fourth-order valence-corrected chi connectivity index (χ4v) is 0.937. The molecule has 0 aliphatic carbocycles. The Morgan fingerprint density at radius 3 is 2.44 bits per heavy atom. The molecule has 1 rings (SSSR count). The topological polar surface area (TPSA) is 12.5 Å². The predicted molar refractivity (Wildman–Crippen MR) is 37.9 cm³/mol. The second-order valence-corrected chi connectivity index (χ2v) is 3.19. The zero-order valence-corrected chi connectivity index (χ0v) is 6.48. The maximum absolute atomic E-state index is 5.18. The van der Waals surface area contributed by atoms with E-state index in [-0.39, 0.29) is 0 Å². The van der Waals surface area contributed by atoms with Gasteiger partial charge in [0.15, 0.2) is 0 Å². The van der Waals surface area contributed by atoms with Crippen LogP contribution in [0.1, 0.15) is 33.6 Å². The molecule has 1 aliphatic heterocycles. The normalized spacial score (nSPS) is 27.3. The molecule has 1 heteroatoms. The maximum atomic E-state index is 5.18. The lowest BCUT2D eigenvalue weighted by Gasteiger charge is -1.99. The number of rotatable bonds is 3. The molecule has 0 aromatic carbocycles. The van der Waals surface area contributed by atoms with Crippen LogP contribution in [-0.2, 0) is 4.74 Å². The van der Waals surface area contributed by atoms with Gasteiger partial charge in [-0.2, -0.15) is 0 Å². The first-order chi connectivity index (χ1) is 4.20. The highest BCUT2D eigenvalue weighted by Crippen LogP contribution is 2.33. The van der Waals surface area contributed by atoms with E-state index in [0.717, 1.165) is 5.92 Å². The summed E-state index contributed by atoms with van der Waals surface area (Å²) in [4.78, 5) is 0. The van der Waals surface area contributed by atoms with Gasteiger partial charge in [-0.05, 0) is 25.7 Å². The summed E-state index contributed by atoms with van der Waals surface area (Å²) in [6, 6.07) is 0. The Labute approximate surface area is 57.4 Å². The minimum atomic E-state index is 0.521. The highest BCUT2D eigenvalue weighted by Gasteiger charge is 2.34. The number of hydrogen-bond acceptors (Lipinski definition) is 1. The van der Waals surface area contributed by atoms with Crippen LogP contribution in [0.5, 0.6) is 0 Å². The third-order valence-corrected chi connectivity index (χ3v) is 1.73. The van der Waals surface area contributed by atoms with Crippen LogP contribution < -0.4 is 0 Å². The van der Waals surface area contributed by atoms with Crippen molar-refractivity contribution in [2.75, 3.05) is 0 Å². The molecule has 1 saturated heterocycles. The average molecular weight is 127 g/mol. The van der Waals surface area contributed by atoms with Crippen LogP contribution in [0.25, 0.3) is 0 Å². The second kappa shape index (κ2) is 2.70. The Hall–Kier alpha value is -0.0400. The summed E-state index contributed by atoms with van der Waals surface area (Å²) in [6.07, 6.45) is 4.27. The molecule has 1 radical (unpaired) electrons. The van der Waals surface area contributed by atoms with Crippen molar-refractivity contribution in [3.63, 3.8) is 0 Å². The second-order valence-electron chi connectivity index (χ2n) is 3.19. The molecule has 0 N–H and O–H groups in total. The van der Waals surface area contributed by atoms with Gasteiger partial charge in [0, 0.05) is 0 Å². The molecule has 0 bridgehead atoms. The molecule has 0 saturated carbocycles. The molecule has 0 aromatic rings. The molecule has 9 heavy (non-hydrogen) atoms. The van der Waals surface area contributed by atoms with Gasteiger partial charge in [0.05, 0.1) is 6.10 Å². The van der Waals surface area contributed by atoms with Crippen molar-refractivity contribution < 1.29 is 4.74 Å². The molecule has 1 nitrogen and oxygen atoms in total. The van der Waals surface area contributed by atoms with Crippen molar-refractivity contribution >= 4 is 0 Å². The van der Waals surface area contributed by atoms with E-state index in [2.05, 4.69) is 20.8 Å². The van der Waals surface area contributed by atoms with Crippen molar-refractivity contribution in [1.82, 2.24) is 0 Å². The Bertz CT molecular complexity index is 88.6. The molecule has 1 unspecified atom stereocenters. The molecule has 0 aromatic heterocycles. The smallest absolute Gasteiger partial charge is 0.123 e. The highest BCUT2D eigenvalue weighted by molar-refractivity contribution is 4.98. The van der Waals surface area contributed by atoms with Crippen molar-refractivity contribution in [1.29, 1.82) is 0 Å². The summed E-state index contributed by atoms with van der Waals surface area (Å²) >= 11 is 0. The van der Waals surface area contributed by atoms with E-state index < -0.39 is 0 Å². The van der Waals surface area contributed by atoms with Gasteiger partial charge in [-0.25, -0.2) is 0 Å². The molecule has 1 heterocycles. The van der Waals surface area contributed by atoms with Gasteiger partial charge in [-0.3, -0.25) is 0 Å². The predicted octanol–water partition coefficient (Wildman–Crippen LogP) is 2.37. The fraction of sp³-hybridized carbons (Fsp3) is 0.875. The lowest BCUT2D eigenvalue weighted by atomic mass is 10.1. The van der Waals surface area contributed by atoms with Gasteiger partial charge < -0.3 is 4.74 Å². The summed E-state index contributed by atoms with van der Waals surface area (Å²) in [6.45, 7) is 6.56. The Kier molecular flexibility index (Phi) is 2.12. The summed E-state index contributed by atoms with van der Waals surface area (Å²) in [7, 11) is 0. The van der Waals surface area contributed by atoms with Gasteiger partial charge in [0.25, 0.3) is 0 Å². The SMILES string of the molecule is C[C]1OC1CCC(C)C. The van der Waals surface area contributed by atoms with Crippen molar-refractivity contribution in [3.8, 4) is 0 Å². The van der Waals surface area contributed by atoms with Crippen molar-refractivity contribution in [2.24, 2.45) is 5.92 Å². The van der Waals surface area contributed by atoms with Gasteiger partial charge >= 0.3 is 0 Å². The maximum Gasteiger partial charge on any atom is 0.123 e. The van der Waals surface area contributed by atoms with E-state index in [1.54, 1.807) is 0 Å². The lowest BCUT2D eigenvalue weighted by Crippen LogP contribution is -1.91. The minimum Gasteiger partial charge on any atom is -0.363 e. The summed E-state index contributed by atoms with van der Waals surface area (Å²) in [5.74, 6) is 0.821. The monoisotopic (exact) mass is 127 g/mol. The first kappa shape index (κ1) is 7.07. The highest BCUT2D eigenvalue weighted by atomic mass is 16.6. The first-order valence-electron chi connectivity index (χ1n) is 3.70. The lowest BCUT2D eigenvalue weighted by molar-refractivity contribution is 0.378. The largest absolute Gasteiger partial charge is 0.363 e. The number of epoxide rings is 1. The molecule has 1 aliphatic rings. The van der Waals surface area contributed by atoms with Gasteiger partial charge in [0.1, 0.15) is 6.10 Å². The van der Waals surface area contributed by atoms with E-state index in [1.807, 2.05) is 0 Å². The van der Waals surface area contributed by atoms with E-state index in [4.69, 9.17) is 4.74 Å². The quantitative estimate of drug-likeness (QED) is 0.530. The molecule has 0 spiro atoms. The third kappa shape index (κ3) is 2.35. The zero-order chi connectivity index (χ0) is 6.85. The van der Waals surface area contributed by atoms with Crippen molar-refractivity contribution in [3.05, 3.63) is 6.10 Å². The van der Waals surface area contributed by atoms with Crippen LogP contribution in [0, 0.1) is 12.0 Å².